The van der Waals surface area contributed by atoms with Gasteiger partial charge in [-0.1, -0.05) is 12.8 Å². The summed E-state index contributed by atoms with van der Waals surface area (Å²) in [6.07, 6.45) is 5.84. The second-order valence-corrected chi connectivity index (χ2v) is 5.86. The lowest BCUT2D eigenvalue weighted by molar-refractivity contribution is -0.139. The third kappa shape index (κ3) is 6.14. The van der Waals surface area contributed by atoms with Crippen LogP contribution < -0.4 is 10.6 Å². The predicted octanol–water partition coefficient (Wildman–Crippen LogP) is 1.68. The first-order chi connectivity index (χ1) is 8.52. The summed E-state index contributed by atoms with van der Waals surface area (Å²) in [5.74, 6) is 0.482. The Morgan fingerprint density at radius 2 is 2.06 bits per heavy atom. The highest BCUT2D eigenvalue weighted by Gasteiger charge is 2.25. The van der Waals surface area contributed by atoms with Crippen LogP contribution in [0.4, 0.5) is 4.79 Å². The smallest absolute Gasteiger partial charge is 0.326 e. The molecule has 2 amide bonds. The second kappa shape index (κ2) is 7.51. The number of amides is 2. The van der Waals surface area contributed by atoms with Crippen LogP contribution in [-0.4, -0.2) is 41.2 Å². The molecule has 0 radical (unpaired) electrons. The van der Waals surface area contributed by atoms with E-state index in [-0.39, 0.29) is 12.1 Å². The van der Waals surface area contributed by atoms with Crippen LogP contribution in [0.2, 0.25) is 0 Å². The van der Waals surface area contributed by atoms with Crippen molar-refractivity contribution in [2.45, 2.75) is 44.7 Å². The first kappa shape index (κ1) is 15.1. The fourth-order valence-electron chi connectivity index (χ4n) is 1.83. The Hall–Kier alpha value is -0.910. The molecular formula is C12H22N2O3S. The summed E-state index contributed by atoms with van der Waals surface area (Å²) in [5.41, 5.74) is 0. The molecule has 104 valence electrons. The van der Waals surface area contributed by atoms with Crippen molar-refractivity contribution in [3.8, 4) is 0 Å². The summed E-state index contributed by atoms with van der Waals surface area (Å²) in [5, 5.41) is 14.3. The van der Waals surface area contributed by atoms with E-state index in [1.54, 1.807) is 11.8 Å². The van der Waals surface area contributed by atoms with Gasteiger partial charge in [0.05, 0.1) is 0 Å². The zero-order valence-corrected chi connectivity index (χ0v) is 11.8. The number of hydrogen-bond acceptors (Lipinski definition) is 3. The molecule has 0 saturated heterocycles. The lowest BCUT2D eigenvalue weighted by Gasteiger charge is -2.18. The van der Waals surface area contributed by atoms with Gasteiger partial charge >= 0.3 is 12.0 Å². The highest BCUT2D eigenvalue weighted by Crippen LogP contribution is 2.33. The van der Waals surface area contributed by atoms with Crippen LogP contribution in [0.25, 0.3) is 0 Å². The van der Waals surface area contributed by atoms with Gasteiger partial charge in [0, 0.05) is 6.04 Å². The number of urea groups is 1. The zero-order valence-electron chi connectivity index (χ0n) is 10.9. The second-order valence-electron chi connectivity index (χ2n) is 4.87. The summed E-state index contributed by atoms with van der Waals surface area (Å²) in [6.45, 7) is 1.95. The monoisotopic (exact) mass is 274 g/mol. The molecule has 5 nitrogen and oxygen atoms in total. The van der Waals surface area contributed by atoms with Crippen LogP contribution in [-0.2, 0) is 4.79 Å². The highest BCUT2D eigenvalue weighted by molar-refractivity contribution is 7.98. The molecule has 0 bridgehead atoms. The number of aliphatic carboxylic acids is 1. The molecule has 18 heavy (non-hydrogen) atoms. The van der Waals surface area contributed by atoms with E-state index in [0.717, 1.165) is 18.1 Å². The maximum absolute atomic E-state index is 11.6. The molecule has 0 aliphatic heterocycles. The Morgan fingerprint density at radius 1 is 1.39 bits per heavy atom. The predicted molar refractivity (Wildman–Crippen MR) is 72.9 cm³/mol. The van der Waals surface area contributed by atoms with E-state index in [9.17, 15) is 9.59 Å². The summed E-state index contributed by atoms with van der Waals surface area (Å²) < 4.78 is 0. The Kier molecular flexibility index (Phi) is 6.32. The van der Waals surface area contributed by atoms with Crippen LogP contribution in [0.5, 0.6) is 0 Å². The number of carbonyl (C=O) groups is 2. The van der Waals surface area contributed by atoms with Crippen LogP contribution in [0.15, 0.2) is 0 Å². The molecule has 1 saturated carbocycles. The molecule has 1 aliphatic rings. The van der Waals surface area contributed by atoms with Gasteiger partial charge in [-0.05, 0) is 37.7 Å². The number of carbonyl (C=O) groups excluding carboxylic acids is 1. The SMILES string of the molecule is CSCC[C@@H](NC(=O)NC(C)CC1CC1)C(=O)O. The average Bonchev–Trinajstić information content (AvgIpc) is 3.07. The van der Waals surface area contributed by atoms with E-state index in [2.05, 4.69) is 10.6 Å². The Morgan fingerprint density at radius 3 is 2.56 bits per heavy atom. The van der Waals surface area contributed by atoms with E-state index >= 15 is 0 Å². The van der Waals surface area contributed by atoms with Crippen molar-refractivity contribution >= 4 is 23.8 Å². The number of nitrogens with one attached hydrogen (secondary N) is 2. The van der Waals surface area contributed by atoms with E-state index in [1.165, 1.54) is 12.8 Å². The normalized spacial score (nSPS) is 17.9. The molecule has 3 N–H and O–H groups in total. The number of hydrogen-bond donors (Lipinski definition) is 3. The van der Waals surface area contributed by atoms with Crippen molar-refractivity contribution in [1.82, 2.24) is 10.6 Å². The number of carboxylic acids is 1. The van der Waals surface area contributed by atoms with Crippen LogP contribution in [0.3, 0.4) is 0 Å². The van der Waals surface area contributed by atoms with Crippen molar-refractivity contribution in [3.63, 3.8) is 0 Å². The molecule has 6 heteroatoms. The molecule has 2 atom stereocenters. The third-order valence-electron chi connectivity index (χ3n) is 2.98. The molecule has 0 aromatic heterocycles. The van der Waals surface area contributed by atoms with E-state index in [0.29, 0.717) is 6.42 Å². The lowest BCUT2D eigenvalue weighted by Crippen LogP contribution is -2.48. The number of rotatable bonds is 8. The average molecular weight is 274 g/mol. The lowest BCUT2D eigenvalue weighted by atomic mass is 10.1. The van der Waals surface area contributed by atoms with E-state index in [4.69, 9.17) is 5.11 Å². The maximum Gasteiger partial charge on any atom is 0.326 e. The van der Waals surface area contributed by atoms with Crippen molar-refractivity contribution in [3.05, 3.63) is 0 Å². The fourth-order valence-corrected chi connectivity index (χ4v) is 2.30. The Balaban J connectivity index is 2.27. The maximum atomic E-state index is 11.6. The van der Waals surface area contributed by atoms with Gasteiger partial charge in [-0.25, -0.2) is 9.59 Å². The van der Waals surface area contributed by atoms with Crippen molar-refractivity contribution < 1.29 is 14.7 Å². The van der Waals surface area contributed by atoms with E-state index < -0.39 is 12.0 Å². The minimum Gasteiger partial charge on any atom is -0.480 e. The summed E-state index contributed by atoms with van der Waals surface area (Å²) in [4.78, 5) is 22.6. The van der Waals surface area contributed by atoms with Crippen molar-refractivity contribution in [2.75, 3.05) is 12.0 Å². The molecule has 0 heterocycles. The van der Waals surface area contributed by atoms with Gasteiger partial charge in [-0.3, -0.25) is 0 Å². The van der Waals surface area contributed by atoms with Gasteiger partial charge in [0.2, 0.25) is 0 Å². The summed E-state index contributed by atoms with van der Waals surface area (Å²) in [7, 11) is 0. The van der Waals surface area contributed by atoms with Crippen molar-refractivity contribution in [2.24, 2.45) is 5.92 Å². The molecule has 0 aromatic carbocycles. The van der Waals surface area contributed by atoms with Crippen LogP contribution >= 0.6 is 11.8 Å². The molecular weight excluding hydrogens is 252 g/mol. The Labute approximate surface area is 112 Å². The standard InChI is InChI=1S/C12H22N2O3S/c1-8(7-9-3-4-9)13-12(17)14-10(11(15)16)5-6-18-2/h8-10H,3-7H2,1-2H3,(H,15,16)(H2,13,14,17)/t8?,10-/m1/s1. The van der Waals surface area contributed by atoms with Gasteiger partial charge in [0.15, 0.2) is 0 Å². The number of thioether (sulfide) groups is 1. The molecule has 1 rings (SSSR count). The minimum absolute atomic E-state index is 0.104. The molecule has 0 spiro atoms. The third-order valence-corrected chi connectivity index (χ3v) is 3.62. The summed E-state index contributed by atoms with van der Waals surface area (Å²) in [6, 6.07) is -1.07. The Bertz CT molecular complexity index is 295. The van der Waals surface area contributed by atoms with Gasteiger partial charge in [-0.15, -0.1) is 0 Å². The topological polar surface area (TPSA) is 78.4 Å². The van der Waals surface area contributed by atoms with Gasteiger partial charge in [-0.2, -0.15) is 11.8 Å². The van der Waals surface area contributed by atoms with E-state index in [1.807, 2.05) is 13.2 Å². The first-order valence-electron chi connectivity index (χ1n) is 6.31. The fraction of sp³-hybridized carbons (Fsp3) is 0.833. The largest absolute Gasteiger partial charge is 0.480 e. The van der Waals surface area contributed by atoms with Crippen LogP contribution in [0.1, 0.15) is 32.6 Å². The van der Waals surface area contributed by atoms with Gasteiger partial charge in [0.1, 0.15) is 6.04 Å². The highest BCUT2D eigenvalue weighted by atomic mass is 32.2. The first-order valence-corrected chi connectivity index (χ1v) is 7.71. The molecule has 0 aromatic rings. The van der Waals surface area contributed by atoms with Crippen molar-refractivity contribution in [1.29, 1.82) is 0 Å². The molecule has 1 fully saturated rings. The van der Waals surface area contributed by atoms with Crippen LogP contribution in [0, 0.1) is 5.92 Å². The van der Waals surface area contributed by atoms with Gasteiger partial charge in [0.25, 0.3) is 0 Å². The number of carboxylic acid groups (broad SMARTS) is 1. The van der Waals surface area contributed by atoms with Gasteiger partial charge < -0.3 is 15.7 Å². The zero-order chi connectivity index (χ0) is 13.5. The summed E-state index contributed by atoms with van der Waals surface area (Å²) >= 11 is 1.57. The quantitative estimate of drug-likeness (QED) is 0.629. The molecule has 1 aliphatic carbocycles. The minimum atomic E-state index is -0.978. The molecule has 1 unspecified atom stereocenters.